The molecule has 132 valence electrons. The van der Waals surface area contributed by atoms with Gasteiger partial charge in [0.25, 0.3) is 5.91 Å². The number of amides is 2. The number of hydrogen-bond acceptors (Lipinski definition) is 4. The lowest BCUT2D eigenvalue weighted by Crippen LogP contribution is -2.45. The summed E-state index contributed by atoms with van der Waals surface area (Å²) in [5.74, 6) is 0.725. The van der Waals surface area contributed by atoms with Crippen molar-refractivity contribution in [2.45, 2.75) is 45.6 Å². The molecule has 0 spiro atoms. The molecule has 0 unspecified atom stereocenters. The molecule has 0 aromatic heterocycles. The highest BCUT2D eigenvalue weighted by molar-refractivity contribution is 5.95. The Balaban J connectivity index is 2.23. The number of primary amides is 1. The van der Waals surface area contributed by atoms with Gasteiger partial charge in [0, 0.05) is 24.6 Å². The summed E-state index contributed by atoms with van der Waals surface area (Å²) >= 11 is 0. The molecule has 1 aliphatic heterocycles. The monoisotopic (exact) mass is 334 g/mol. The Morgan fingerprint density at radius 1 is 1.17 bits per heavy atom. The van der Waals surface area contributed by atoms with E-state index in [9.17, 15) is 9.59 Å². The SMILES string of the molecule is CCOc1ccc(C(=O)N2CCCC[C@@H]2CC(N)=O)cc1OCC. The number of benzene rings is 1. The summed E-state index contributed by atoms with van der Waals surface area (Å²) in [6.07, 6.45) is 2.97. The van der Waals surface area contributed by atoms with Crippen LogP contribution in [0.25, 0.3) is 0 Å². The van der Waals surface area contributed by atoms with Crippen LogP contribution < -0.4 is 15.2 Å². The third-order valence-corrected chi connectivity index (χ3v) is 4.12. The van der Waals surface area contributed by atoms with Gasteiger partial charge in [0.15, 0.2) is 11.5 Å². The second-order valence-corrected chi connectivity index (χ2v) is 5.85. The summed E-state index contributed by atoms with van der Waals surface area (Å²) in [7, 11) is 0. The number of rotatable bonds is 7. The lowest BCUT2D eigenvalue weighted by atomic mass is 9.98. The van der Waals surface area contributed by atoms with E-state index in [2.05, 4.69) is 0 Å². The zero-order valence-electron chi connectivity index (χ0n) is 14.4. The van der Waals surface area contributed by atoms with Crippen molar-refractivity contribution in [2.24, 2.45) is 5.73 Å². The van der Waals surface area contributed by atoms with Crippen molar-refractivity contribution in [1.29, 1.82) is 0 Å². The predicted octanol–water partition coefficient (Wildman–Crippen LogP) is 2.35. The van der Waals surface area contributed by atoms with Gasteiger partial charge >= 0.3 is 0 Å². The van der Waals surface area contributed by atoms with Gasteiger partial charge in [-0.15, -0.1) is 0 Å². The number of carbonyl (C=O) groups excluding carboxylic acids is 2. The molecule has 0 bridgehead atoms. The summed E-state index contributed by atoms with van der Waals surface area (Å²) in [6, 6.07) is 5.10. The smallest absolute Gasteiger partial charge is 0.254 e. The van der Waals surface area contributed by atoms with Crippen molar-refractivity contribution in [3.8, 4) is 11.5 Å². The molecule has 1 atom stereocenters. The quantitative estimate of drug-likeness (QED) is 0.830. The van der Waals surface area contributed by atoms with Crippen molar-refractivity contribution >= 4 is 11.8 Å². The molecular weight excluding hydrogens is 308 g/mol. The van der Waals surface area contributed by atoms with Crippen molar-refractivity contribution < 1.29 is 19.1 Å². The van der Waals surface area contributed by atoms with Crippen LogP contribution in [0, 0.1) is 0 Å². The molecule has 0 aliphatic carbocycles. The first-order valence-corrected chi connectivity index (χ1v) is 8.55. The maximum atomic E-state index is 12.9. The average molecular weight is 334 g/mol. The van der Waals surface area contributed by atoms with Gasteiger partial charge in [-0.3, -0.25) is 9.59 Å². The van der Waals surface area contributed by atoms with Crippen molar-refractivity contribution in [3.63, 3.8) is 0 Å². The van der Waals surface area contributed by atoms with E-state index in [0.29, 0.717) is 36.8 Å². The Hall–Kier alpha value is -2.24. The normalized spacial score (nSPS) is 17.4. The topological polar surface area (TPSA) is 81.9 Å². The maximum absolute atomic E-state index is 12.9. The molecule has 1 aliphatic rings. The largest absolute Gasteiger partial charge is 0.490 e. The number of hydrogen-bond donors (Lipinski definition) is 1. The van der Waals surface area contributed by atoms with Gasteiger partial charge in [-0.25, -0.2) is 0 Å². The molecule has 1 saturated heterocycles. The highest BCUT2D eigenvalue weighted by atomic mass is 16.5. The van der Waals surface area contributed by atoms with E-state index in [1.807, 2.05) is 13.8 Å². The number of carbonyl (C=O) groups is 2. The molecule has 0 saturated carbocycles. The van der Waals surface area contributed by atoms with E-state index in [1.54, 1.807) is 23.1 Å². The summed E-state index contributed by atoms with van der Waals surface area (Å²) in [5.41, 5.74) is 5.87. The summed E-state index contributed by atoms with van der Waals surface area (Å²) in [4.78, 5) is 25.9. The lowest BCUT2D eigenvalue weighted by Gasteiger charge is -2.35. The number of ether oxygens (including phenoxy) is 2. The minimum Gasteiger partial charge on any atom is -0.490 e. The third kappa shape index (κ3) is 4.40. The van der Waals surface area contributed by atoms with Crippen LogP contribution in [-0.4, -0.2) is 42.5 Å². The highest BCUT2D eigenvalue weighted by Crippen LogP contribution is 2.30. The molecule has 0 radical (unpaired) electrons. The number of likely N-dealkylation sites (tertiary alicyclic amines) is 1. The Morgan fingerprint density at radius 3 is 2.54 bits per heavy atom. The van der Waals surface area contributed by atoms with Crippen LogP contribution in [0.3, 0.4) is 0 Å². The van der Waals surface area contributed by atoms with Gasteiger partial charge in [0.05, 0.1) is 13.2 Å². The first-order chi connectivity index (χ1) is 11.6. The molecule has 2 rings (SSSR count). The first kappa shape index (κ1) is 18.1. The van der Waals surface area contributed by atoms with Crippen LogP contribution >= 0.6 is 0 Å². The zero-order chi connectivity index (χ0) is 17.5. The molecule has 6 nitrogen and oxygen atoms in total. The van der Waals surface area contributed by atoms with Crippen LogP contribution in [0.2, 0.25) is 0 Å². The second-order valence-electron chi connectivity index (χ2n) is 5.85. The number of piperidine rings is 1. The molecular formula is C18H26N2O4. The Morgan fingerprint density at radius 2 is 1.88 bits per heavy atom. The second kappa shape index (κ2) is 8.57. The van der Waals surface area contributed by atoms with Crippen molar-refractivity contribution in [2.75, 3.05) is 19.8 Å². The highest BCUT2D eigenvalue weighted by Gasteiger charge is 2.29. The van der Waals surface area contributed by atoms with E-state index in [-0.39, 0.29) is 24.3 Å². The molecule has 2 N–H and O–H groups in total. The first-order valence-electron chi connectivity index (χ1n) is 8.55. The van der Waals surface area contributed by atoms with Gasteiger partial charge in [-0.05, 0) is 51.3 Å². The predicted molar refractivity (Wildman–Crippen MR) is 91.3 cm³/mol. The average Bonchev–Trinajstić information content (AvgIpc) is 2.56. The van der Waals surface area contributed by atoms with E-state index < -0.39 is 0 Å². The van der Waals surface area contributed by atoms with E-state index >= 15 is 0 Å². The molecule has 2 amide bonds. The zero-order valence-corrected chi connectivity index (χ0v) is 14.4. The summed E-state index contributed by atoms with van der Waals surface area (Å²) < 4.78 is 11.1. The van der Waals surface area contributed by atoms with Gasteiger partial charge in [-0.2, -0.15) is 0 Å². The minimum atomic E-state index is -0.374. The fourth-order valence-electron chi connectivity index (χ4n) is 3.06. The van der Waals surface area contributed by atoms with Crippen molar-refractivity contribution in [1.82, 2.24) is 4.90 Å². The molecule has 1 heterocycles. The Labute approximate surface area is 142 Å². The summed E-state index contributed by atoms with van der Waals surface area (Å²) in [5, 5.41) is 0. The van der Waals surface area contributed by atoms with E-state index in [0.717, 1.165) is 19.3 Å². The van der Waals surface area contributed by atoms with Crippen LogP contribution in [-0.2, 0) is 4.79 Å². The van der Waals surface area contributed by atoms with Crippen molar-refractivity contribution in [3.05, 3.63) is 23.8 Å². The Kier molecular flexibility index (Phi) is 6.46. The van der Waals surface area contributed by atoms with Gasteiger partial charge in [0.1, 0.15) is 0 Å². The van der Waals surface area contributed by atoms with Crippen LogP contribution in [0.5, 0.6) is 11.5 Å². The van der Waals surface area contributed by atoms with Crippen LogP contribution in [0.15, 0.2) is 18.2 Å². The molecule has 24 heavy (non-hydrogen) atoms. The molecule has 1 fully saturated rings. The number of nitrogens with zero attached hydrogens (tertiary/aromatic N) is 1. The standard InChI is InChI=1S/C18H26N2O4/c1-3-23-15-9-8-13(11-16(15)24-4-2)18(22)20-10-6-5-7-14(20)12-17(19)21/h8-9,11,14H,3-7,10,12H2,1-2H3,(H2,19,21)/t14-/m1/s1. The third-order valence-electron chi connectivity index (χ3n) is 4.12. The molecule has 1 aromatic rings. The fourth-order valence-corrected chi connectivity index (χ4v) is 3.06. The number of nitrogens with two attached hydrogens (primary N) is 1. The maximum Gasteiger partial charge on any atom is 0.254 e. The molecule has 6 heteroatoms. The Bertz CT molecular complexity index is 588. The van der Waals surface area contributed by atoms with Gasteiger partial charge < -0.3 is 20.1 Å². The van der Waals surface area contributed by atoms with E-state index in [4.69, 9.17) is 15.2 Å². The fraction of sp³-hybridized carbons (Fsp3) is 0.556. The summed E-state index contributed by atoms with van der Waals surface area (Å²) in [6.45, 7) is 5.45. The van der Waals surface area contributed by atoms with Gasteiger partial charge in [0.2, 0.25) is 5.91 Å². The van der Waals surface area contributed by atoms with Crippen LogP contribution in [0.4, 0.5) is 0 Å². The van der Waals surface area contributed by atoms with Gasteiger partial charge in [-0.1, -0.05) is 0 Å². The lowest BCUT2D eigenvalue weighted by molar-refractivity contribution is -0.119. The van der Waals surface area contributed by atoms with E-state index in [1.165, 1.54) is 0 Å². The van der Waals surface area contributed by atoms with Crippen LogP contribution in [0.1, 0.15) is 49.9 Å². The minimum absolute atomic E-state index is 0.0926. The molecule has 1 aromatic carbocycles.